The van der Waals surface area contributed by atoms with Crippen molar-refractivity contribution in [1.29, 1.82) is 0 Å². The average Bonchev–Trinajstić information content (AvgIpc) is 2.34. The molecule has 0 N–H and O–H groups in total. The normalized spacial score (nSPS) is 17.1. The van der Waals surface area contributed by atoms with Crippen LogP contribution >= 0.6 is 27.7 Å². The molecule has 92 valence electrons. The first-order valence-corrected chi connectivity index (χ1v) is 7.68. The molecule has 0 aliphatic carbocycles. The minimum atomic E-state index is -0.428. The topological polar surface area (TPSA) is 17.1 Å². The number of carbonyl (C=O) groups excluding carboxylic acids is 1. The van der Waals surface area contributed by atoms with Crippen LogP contribution in [-0.4, -0.2) is 17.3 Å². The Balaban J connectivity index is 2.06. The maximum Gasteiger partial charge on any atom is 0.166 e. The molecule has 0 radical (unpaired) electrons. The van der Waals surface area contributed by atoms with Crippen molar-refractivity contribution in [3.8, 4) is 0 Å². The number of ketones is 1. The van der Waals surface area contributed by atoms with Crippen LogP contribution in [-0.2, 0) is 0 Å². The van der Waals surface area contributed by atoms with Crippen molar-refractivity contribution in [2.75, 3.05) is 11.5 Å². The summed E-state index contributed by atoms with van der Waals surface area (Å²) in [4.78, 5) is 12.0. The Kier molecular flexibility index (Phi) is 4.62. The van der Waals surface area contributed by atoms with E-state index in [-0.39, 0.29) is 11.3 Å². The van der Waals surface area contributed by atoms with Gasteiger partial charge in [0.05, 0.1) is 10.0 Å². The molecule has 0 amide bonds. The summed E-state index contributed by atoms with van der Waals surface area (Å²) in [5, 5.41) is 0. The number of rotatable bonds is 3. The summed E-state index contributed by atoms with van der Waals surface area (Å²) < 4.78 is 14.1. The second-order valence-corrected chi connectivity index (χ2v) is 6.36. The smallest absolute Gasteiger partial charge is 0.166 e. The molecule has 1 aliphatic rings. The zero-order chi connectivity index (χ0) is 12.3. The van der Waals surface area contributed by atoms with Gasteiger partial charge in [0, 0.05) is 6.42 Å². The molecule has 4 heteroatoms. The van der Waals surface area contributed by atoms with E-state index in [4.69, 9.17) is 0 Å². The first-order chi connectivity index (χ1) is 8.18. The molecular weight excluding hydrogens is 303 g/mol. The largest absolute Gasteiger partial charge is 0.294 e. The molecule has 0 aromatic heterocycles. The van der Waals surface area contributed by atoms with Crippen LogP contribution in [0.25, 0.3) is 0 Å². The van der Waals surface area contributed by atoms with Crippen LogP contribution in [0.4, 0.5) is 4.39 Å². The first kappa shape index (κ1) is 13.1. The quantitative estimate of drug-likeness (QED) is 0.773. The van der Waals surface area contributed by atoms with Crippen molar-refractivity contribution in [1.82, 2.24) is 0 Å². The van der Waals surface area contributed by atoms with Gasteiger partial charge in [-0.3, -0.25) is 4.79 Å². The lowest BCUT2D eigenvalue weighted by Gasteiger charge is -2.20. The predicted molar refractivity (Wildman–Crippen MR) is 73.1 cm³/mol. The molecule has 1 aliphatic heterocycles. The molecule has 1 aromatic rings. The average molecular weight is 317 g/mol. The van der Waals surface area contributed by atoms with Crippen molar-refractivity contribution < 1.29 is 9.18 Å². The standard InChI is InChI=1S/C13H14BrFOS/c14-11-3-1-2-10(13(11)15)12(16)8-9-4-6-17-7-5-9/h1-3,9H,4-8H2. The van der Waals surface area contributed by atoms with Crippen LogP contribution in [0.15, 0.2) is 22.7 Å². The fourth-order valence-electron chi connectivity index (χ4n) is 2.04. The van der Waals surface area contributed by atoms with Crippen LogP contribution in [0, 0.1) is 11.7 Å². The zero-order valence-electron chi connectivity index (χ0n) is 9.42. The summed E-state index contributed by atoms with van der Waals surface area (Å²) in [6.07, 6.45) is 2.63. The molecule has 0 unspecified atom stereocenters. The lowest BCUT2D eigenvalue weighted by atomic mass is 9.93. The lowest BCUT2D eigenvalue weighted by molar-refractivity contribution is 0.0954. The van der Waals surface area contributed by atoms with E-state index in [9.17, 15) is 9.18 Å². The molecule has 1 aromatic carbocycles. The summed E-state index contributed by atoms with van der Waals surface area (Å²) in [5.41, 5.74) is 0.220. The maximum absolute atomic E-state index is 13.7. The monoisotopic (exact) mass is 316 g/mol. The Labute approximate surface area is 113 Å². The van der Waals surface area contributed by atoms with Gasteiger partial charge >= 0.3 is 0 Å². The second-order valence-electron chi connectivity index (χ2n) is 4.28. The van der Waals surface area contributed by atoms with E-state index in [1.165, 1.54) is 0 Å². The molecule has 17 heavy (non-hydrogen) atoms. The van der Waals surface area contributed by atoms with Gasteiger partial charge in [0.1, 0.15) is 5.82 Å². The first-order valence-electron chi connectivity index (χ1n) is 5.73. The Hall–Kier alpha value is -0.350. The Morgan fingerprint density at radius 1 is 1.41 bits per heavy atom. The predicted octanol–water partition coefficient (Wildman–Crippen LogP) is 4.30. The molecule has 0 bridgehead atoms. The molecule has 1 saturated heterocycles. The fraction of sp³-hybridized carbons (Fsp3) is 0.462. The number of halogens is 2. The minimum absolute atomic E-state index is 0.0688. The third-order valence-corrected chi connectivity index (χ3v) is 4.73. The summed E-state index contributed by atoms with van der Waals surface area (Å²) >= 11 is 5.04. The summed E-state index contributed by atoms with van der Waals surface area (Å²) in [6.45, 7) is 0. The highest BCUT2D eigenvalue weighted by molar-refractivity contribution is 9.10. The maximum atomic E-state index is 13.7. The number of carbonyl (C=O) groups is 1. The van der Waals surface area contributed by atoms with E-state index in [1.807, 2.05) is 11.8 Å². The van der Waals surface area contributed by atoms with Gasteiger partial charge in [-0.1, -0.05) is 6.07 Å². The van der Waals surface area contributed by atoms with Gasteiger partial charge in [-0.2, -0.15) is 11.8 Å². The van der Waals surface area contributed by atoms with Crippen molar-refractivity contribution in [3.05, 3.63) is 34.1 Å². The molecule has 0 spiro atoms. The fourth-order valence-corrected chi connectivity index (χ4v) is 3.61. The van der Waals surface area contributed by atoms with Gasteiger partial charge < -0.3 is 0 Å². The van der Waals surface area contributed by atoms with Crippen molar-refractivity contribution in [2.24, 2.45) is 5.92 Å². The van der Waals surface area contributed by atoms with Crippen molar-refractivity contribution in [3.63, 3.8) is 0 Å². The summed E-state index contributed by atoms with van der Waals surface area (Å²) in [5.74, 6) is 2.18. The Morgan fingerprint density at radius 2 is 2.12 bits per heavy atom. The van der Waals surface area contributed by atoms with Gasteiger partial charge in [0.15, 0.2) is 5.78 Å². The van der Waals surface area contributed by atoms with E-state index < -0.39 is 5.82 Å². The molecule has 0 saturated carbocycles. The van der Waals surface area contributed by atoms with E-state index in [1.54, 1.807) is 18.2 Å². The molecule has 1 nitrogen and oxygen atoms in total. The lowest BCUT2D eigenvalue weighted by Crippen LogP contribution is -2.15. The van der Waals surface area contributed by atoms with Gasteiger partial charge in [-0.25, -0.2) is 4.39 Å². The summed E-state index contributed by atoms with van der Waals surface area (Å²) in [7, 11) is 0. The second kappa shape index (κ2) is 6.01. The highest BCUT2D eigenvalue weighted by atomic mass is 79.9. The van der Waals surface area contributed by atoms with Crippen LogP contribution in [0.2, 0.25) is 0 Å². The molecule has 1 fully saturated rings. The third-order valence-electron chi connectivity index (χ3n) is 3.07. The number of benzene rings is 1. The number of hydrogen-bond acceptors (Lipinski definition) is 2. The van der Waals surface area contributed by atoms with Crippen molar-refractivity contribution in [2.45, 2.75) is 19.3 Å². The van der Waals surface area contributed by atoms with Gasteiger partial charge in [-0.15, -0.1) is 0 Å². The molecule has 2 rings (SSSR count). The zero-order valence-corrected chi connectivity index (χ0v) is 11.8. The van der Waals surface area contributed by atoms with Crippen LogP contribution in [0.3, 0.4) is 0 Å². The highest BCUT2D eigenvalue weighted by Crippen LogP contribution is 2.28. The third kappa shape index (κ3) is 3.32. The molecule has 0 atom stereocenters. The van der Waals surface area contributed by atoms with Crippen LogP contribution < -0.4 is 0 Å². The van der Waals surface area contributed by atoms with E-state index >= 15 is 0 Å². The van der Waals surface area contributed by atoms with Crippen LogP contribution in [0.5, 0.6) is 0 Å². The van der Waals surface area contributed by atoms with Crippen LogP contribution in [0.1, 0.15) is 29.6 Å². The van der Waals surface area contributed by atoms with Gasteiger partial charge in [0.25, 0.3) is 0 Å². The van der Waals surface area contributed by atoms with Gasteiger partial charge in [-0.05, 0) is 58.3 Å². The number of thioether (sulfide) groups is 1. The van der Waals surface area contributed by atoms with Crippen molar-refractivity contribution >= 4 is 33.5 Å². The molecule has 1 heterocycles. The SMILES string of the molecule is O=C(CC1CCSCC1)c1cccc(Br)c1F. The van der Waals surface area contributed by atoms with Gasteiger partial charge in [0.2, 0.25) is 0 Å². The minimum Gasteiger partial charge on any atom is -0.294 e. The number of hydrogen-bond donors (Lipinski definition) is 0. The van der Waals surface area contributed by atoms with E-state index in [0.29, 0.717) is 16.8 Å². The Morgan fingerprint density at radius 3 is 2.82 bits per heavy atom. The Bertz CT molecular complexity index is 416. The number of Topliss-reactive ketones (excluding diaryl/α,β-unsaturated/α-hetero) is 1. The summed E-state index contributed by atoms with van der Waals surface area (Å²) in [6, 6.07) is 4.89. The molecular formula is C13H14BrFOS. The van der Waals surface area contributed by atoms with E-state index in [0.717, 1.165) is 24.3 Å². The van der Waals surface area contributed by atoms with E-state index in [2.05, 4.69) is 15.9 Å². The highest BCUT2D eigenvalue weighted by Gasteiger charge is 2.20.